The molecule has 1 N–H and O–H groups in total. The van der Waals surface area contributed by atoms with E-state index in [9.17, 15) is 18.4 Å². The second-order valence-corrected chi connectivity index (χ2v) is 6.25. The summed E-state index contributed by atoms with van der Waals surface area (Å²) in [4.78, 5) is 26.1. The molecular formula is C20H20F2N2O4. The fourth-order valence-corrected chi connectivity index (χ4v) is 3.02. The standard InChI is InChI=1S/C20H20F2N2O4/c1-27-16-10-7-14(12-17(16)28-20(21)22)23-19(26)13-5-8-15(9-6-13)24-11-3-2-4-18(24)25/h5-10,12,20H,2-4,11H2,1H3,(H,23,26). The Balaban J connectivity index is 1.71. The van der Waals surface area contributed by atoms with Crippen LogP contribution in [0.4, 0.5) is 20.2 Å². The molecule has 2 amide bonds. The third-order valence-electron chi connectivity index (χ3n) is 4.40. The monoisotopic (exact) mass is 390 g/mol. The Kier molecular flexibility index (Phi) is 6.08. The van der Waals surface area contributed by atoms with E-state index >= 15 is 0 Å². The number of anilines is 2. The van der Waals surface area contributed by atoms with Gasteiger partial charge in [0.1, 0.15) is 0 Å². The summed E-state index contributed by atoms with van der Waals surface area (Å²) in [7, 11) is 1.33. The number of hydrogen-bond acceptors (Lipinski definition) is 4. The van der Waals surface area contributed by atoms with Crippen LogP contribution in [0.25, 0.3) is 0 Å². The number of ether oxygens (including phenoxy) is 2. The lowest BCUT2D eigenvalue weighted by Gasteiger charge is -2.26. The van der Waals surface area contributed by atoms with Gasteiger partial charge in [0.2, 0.25) is 5.91 Å². The number of nitrogens with one attached hydrogen (secondary N) is 1. The van der Waals surface area contributed by atoms with E-state index < -0.39 is 12.5 Å². The highest BCUT2D eigenvalue weighted by atomic mass is 19.3. The van der Waals surface area contributed by atoms with Gasteiger partial charge in [-0.15, -0.1) is 0 Å². The molecular weight excluding hydrogens is 370 g/mol. The van der Waals surface area contributed by atoms with Gasteiger partial charge >= 0.3 is 6.61 Å². The molecule has 0 spiro atoms. The van der Waals surface area contributed by atoms with Crippen LogP contribution in [0.3, 0.4) is 0 Å². The van der Waals surface area contributed by atoms with Gasteiger partial charge < -0.3 is 19.7 Å². The van der Waals surface area contributed by atoms with Crippen LogP contribution in [0.2, 0.25) is 0 Å². The summed E-state index contributed by atoms with van der Waals surface area (Å²) in [6.07, 6.45) is 2.38. The van der Waals surface area contributed by atoms with E-state index in [2.05, 4.69) is 10.1 Å². The first-order chi connectivity index (χ1) is 13.5. The molecule has 0 unspecified atom stereocenters. The van der Waals surface area contributed by atoms with E-state index in [-0.39, 0.29) is 23.1 Å². The predicted molar refractivity (Wildman–Crippen MR) is 100 cm³/mol. The summed E-state index contributed by atoms with van der Waals surface area (Å²) in [6, 6.07) is 10.9. The van der Waals surface area contributed by atoms with Crippen molar-refractivity contribution < 1.29 is 27.8 Å². The molecule has 0 radical (unpaired) electrons. The van der Waals surface area contributed by atoms with Crippen molar-refractivity contribution in [2.75, 3.05) is 23.9 Å². The molecule has 1 fully saturated rings. The van der Waals surface area contributed by atoms with E-state index in [0.29, 0.717) is 18.5 Å². The number of benzene rings is 2. The first-order valence-corrected chi connectivity index (χ1v) is 8.82. The molecule has 1 saturated heterocycles. The fraction of sp³-hybridized carbons (Fsp3) is 0.300. The minimum atomic E-state index is -3.01. The Morgan fingerprint density at radius 3 is 2.50 bits per heavy atom. The highest BCUT2D eigenvalue weighted by Crippen LogP contribution is 2.31. The quantitative estimate of drug-likeness (QED) is 0.808. The number of rotatable bonds is 6. The lowest BCUT2D eigenvalue weighted by Crippen LogP contribution is -2.35. The van der Waals surface area contributed by atoms with Crippen LogP contribution in [0, 0.1) is 0 Å². The third kappa shape index (κ3) is 4.57. The van der Waals surface area contributed by atoms with E-state index in [4.69, 9.17) is 4.74 Å². The second kappa shape index (κ2) is 8.69. The van der Waals surface area contributed by atoms with Crippen molar-refractivity contribution in [3.8, 4) is 11.5 Å². The molecule has 0 aromatic heterocycles. The van der Waals surface area contributed by atoms with Crippen LogP contribution in [0.1, 0.15) is 29.6 Å². The molecule has 1 aliphatic rings. The maximum atomic E-state index is 12.5. The van der Waals surface area contributed by atoms with Crippen molar-refractivity contribution in [2.24, 2.45) is 0 Å². The van der Waals surface area contributed by atoms with Gasteiger partial charge in [-0.1, -0.05) is 0 Å². The minimum Gasteiger partial charge on any atom is -0.493 e. The zero-order chi connectivity index (χ0) is 20.1. The largest absolute Gasteiger partial charge is 0.493 e. The summed E-state index contributed by atoms with van der Waals surface area (Å²) in [5, 5.41) is 2.63. The maximum Gasteiger partial charge on any atom is 0.387 e. The molecule has 0 aliphatic carbocycles. The molecule has 3 rings (SSSR count). The Morgan fingerprint density at radius 1 is 1.11 bits per heavy atom. The normalized spacial score (nSPS) is 14.1. The summed E-state index contributed by atoms with van der Waals surface area (Å²) >= 11 is 0. The number of piperidine rings is 1. The molecule has 28 heavy (non-hydrogen) atoms. The molecule has 0 bridgehead atoms. The Hall–Kier alpha value is -3.16. The third-order valence-corrected chi connectivity index (χ3v) is 4.40. The van der Waals surface area contributed by atoms with Crippen LogP contribution in [0.5, 0.6) is 11.5 Å². The van der Waals surface area contributed by atoms with Crippen LogP contribution in [-0.4, -0.2) is 32.1 Å². The molecule has 6 nitrogen and oxygen atoms in total. The first kappa shape index (κ1) is 19.6. The van der Waals surface area contributed by atoms with Gasteiger partial charge in [-0.3, -0.25) is 9.59 Å². The molecule has 2 aromatic rings. The zero-order valence-electron chi connectivity index (χ0n) is 15.3. The van der Waals surface area contributed by atoms with E-state index in [1.54, 1.807) is 29.2 Å². The number of hydrogen-bond donors (Lipinski definition) is 1. The molecule has 148 valence electrons. The van der Waals surface area contributed by atoms with Crippen molar-refractivity contribution in [3.05, 3.63) is 48.0 Å². The highest BCUT2D eigenvalue weighted by molar-refractivity contribution is 6.05. The van der Waals surface area contributed by atoms with Gasteiger partial charge in [0.25, 0.3) is 5.91 Å². The van der Waals surface area contributed by atoms with Gasteiger partial charge in [0.15, 0.2) is 11.5 Å². The van der Waals surface area contributed by atoms with Crippen molar-refractivity contribution in [3.63, 3.8) is 0 Å². The average Bonchev–Trinajstić information content (AvgIpc) is 2.68. The zero-order valence-corrected chi connectivity index (χ0v) is 15.3. The number of nitrogens with zero attached hydrogens (tertiary/aromatic N) is 1. The topological polar surface area (TPSA) is 67.9 Å². The number of amides is 2. The van der Waals surface area contributed by atoms with Crippen LogP contribution in [0.15, 0.2) is 42.5 Å². The highest BCUT2D eigenvalue weighted by Gasteiger charge is 2.20. The average molecular weight is 390 g/mol. The van der Waals surface area contributed by atoms with Crippen molar-refractivity contribution in [1.29, 1.82) is 0 Å². The molecule has 1 heterocycles. The SMILES string of the molecule is COc1ccc(NC(=O)c2ccc(N3CCCCC3=O)cc2)cc1OC(F)F. The predicted octanol–water partition coefficient (Wildman–Crippen LogP) is 4.07. The van der Waals surface area contributed by atoms with E-state index in [1.807, 2.05) is 0 Å². The van der Waals surface area contributed by atoms with Crippen LogP contribution in [-0.2, 0) is 4.79 Å². The minimum absolute atomic E-state index is 0.0771. The maximum absolute atomic E-state index is 12.5. The second-order valence-electron chi connectivity index (χ2n) is 6.25. The molecule has 0 saturated carbocycles. The summed E-state index contributed by atoms with van der Waals surface area (Å²) in [5.41, 5.74) is 1.41. The summed E-state index contributed by atoms with van der Waals surface area (Å²) < 4.78 is 34.4. The van der Waals surface area contributed by atoms with E-state index in [0.717, 1.165) is 18.5 Å². The van der Waals surface area contributed by atoms with Crippen molar-refractivity contribution >= 4 is 23.2 Å². The fourth-order valence-electron chi connectivity index (χ4n) is 3.02. The lowest BCUT2D eigenvalue weighted by atomic mass is 10.1. The van der Waals surface area contributed by atoms with E-state index in [1.165, 1.54) is 25.3 Å². The van der Waals surface area contributed by atoms with Gasteiger partial charge in [0.05, 0.1) is 7.11 Å². The van der Waals surface area contributed by atoms with Crippen LogP contribution < -0.4 is 19.7 Å². The molecule has 8 heteroatoms. The van der Waals surface area contributed by atoms with Crippen molar-refractivity contribution in [1.82, 2.24) is 0 Å². The molecule has 0 atom stereocenters. The van der Waals surface area contributed by atoms with Gasteiger partial charge in [-0.25, -0.2) is 0 Å². The van der Waals surface area contributed by atoms with Gasteiger partial charge in [-0.05, 0) is 49.2 Å². The summed E-state index contributed by atoms with van der Waals surface area (Å²) in [5.74, 6) is -0.374. The van der Waals surface area contributed by atoms with Gasteiger partial charge in [0, 0.05) is 36.0 Å². The molecule has 2 aromatic carbocycles. The number of alkyl halides is 2. The first-order valence-electron chi connectivity index (χ1n) is 8.82. The molecule has 1 aliphatic heterocycles. The van der Waals surface area contributed by atoms with Crippen LogP contribution >= 0.6 is 0 Å². The number of carbonyl (C=O) groups is 2. The number of methoxy groups -OCH3 is 1. The van der Waals surface area contributed by atoms with Crippen molar-refractivity contribution in [2.45, 2.75) is 25.9 Å². The number of halogens is 2. The summed E-state index contributed by atoms with van der Waals surface area (Å²) in [6.45, 7) is -2.34. The Morgan fingerprint density at radius 2 is 1.86 bits per heavy atom. The smallest absolute Gasteiger partial charge is 0.387 e. The van der Waals surface area contributed by atoms with Gasteiger partial charge in [-0.2, -0.15) is 8.78 Å². The Labute approximate surface area is 161 Å². The number of carbonyl (C=O) groups excluding carboxylic acids is 2. The Bertz CT molecular complexity index is 856. The lowest BCUT2D eigenvalue weighted by molar-refractivity contribution is -0.119.